The number of aryl methyl sites for hydroxylation is 1. The lowest BCUT2D eigenvalue weighted by Crippen LogP contribution is -3.09. The van der Waals surface area contributed by atoms with Gasteiger partial charge in [0.05, 0.1) is 7.05 Å². The SMILES string of the molecule is CCc1ccc(C[NH+](C)C[C@H](O)COc2cccc3ccccc23)cc1. The van der Waals surface area contributed by atoms with Crippen molar-refractivity contribution in [2.24, 2.45) is 0 Å². The van der Waals surface area contributed by atoms with E-state index in [0.717, 1.165) is 29.5 Å². The largest absolute Gasteiger partial charge is 0.490 e. The molecule has 3 rings (SSSR count). The monoisotopic (exact) mass is 350 g/mol. The summed E-state index contributed by atoms with van der Waals surface area (Å²) in [6.45, 7) is 4.02. The number of benzene rings is 3. The zero-order valence-electron chi connectivity index (χ0n) is 15.6. The van der Waals surface area contributed by atoms with E-state index in [1.165, 1.54) is 16.0 Å². The molecular weight excluding hydrogens is 322 g/mol. The van der Waals surface area contributed by atoms with Crippen LogP contribution in [0.15, 0.2) is 66.7 Å². The Morgan fingerprint density at radius 3 is 2.38 bits per heavy atom. The van der Waals surface area contributed by atoms with E-state index >= 15 is 0 Å². The van der Waals surface area contributed by atoms with Crippen molar-refractivity contribution in [3.63, 3.8) is 0 Å². The molecule has 0 fully saturated rings. The van der Waals surface area contributed by atoms with Crippen LogP contribution in [0.25, 0.3) is 10.8 Å². The maximum atomic E-state index is 10.4. The van der Waals surface area contributed by atoms with Crippen molar-refractivity contribution in [2.75, 3.05) is 20.2 Å². The fourth-order valence-corrected chi connectivity index (χ4v) is 3.28. The molecule has 0 bridgehead atoms. The second kappa shape index (κ2) is 8.84. The van der Waals surface area contributed by atoms with Gasteiger partial charge in [-0.3, -0.25) is 0 Å². The first-order valence-electron chi connectivity index (χ1n) is 9.33. The van der Waals surface area contributed by atoms with Crippen LogP contribution in [-0.4, -0.2) is 31.4 Å². The highest BCUT2D eigenvalue weighted by atomic mass is 16.5. The van der Waals surface area contributed by atoms with Crippen molar-refractivity contribution in [3.8, 4) is 5.75 Å². The molecular formula is C23H28NO2+. The summed E-state index contributed by atoms with van der Waals surface area (Å²) < 4.78 is 5.90. The molecule has 3 aromatic rings. The predicted molar refractivity (Wildman–Crippen MR) is 107 cm³/mol. The third-order valence-corrected chi connectivity index (χ3v) is 4.70. The summed E-state index contributed by atoms with van der Waals surface area (Å²) in [6.07, 6.45) is 0.566. The lowest BCUT2D eigenvalue weighted by Gasteiger charge is -2.19. The summed E-state index contributed by atoms with van der Waals surface area (Å²) in [7, 11) is 2.11. The summed E-state index contributed by atoms with van der Waals surface area (Å²) >= 11 is 0. The smallest absolute Gasteiger partial charge is 0.137 e. The van der Waals surface area contributed by atoms with Gasteiger partial charge in [0.25, 0.3) is 0 Å². The maximum Gasteiger partial charge on any atom is 0.137 e. The maximum absolute atomic E-state index is 10.4. The lowest BCUT2D eigenvalue weighted by atomic mass is 10.1. The van der Waals surface area contributed by atoms with Gasteiger partial charge in [0, 0.05) is 10.9 Å². The van der Waals surface area contributed by atoms with E-state index in [0.29, 0.717) is 13.2 Å². The Balaban J connectivity index is 1.52. The number of nitrogens with one attached hydrogen (secondary N) is 1. The summed E-state index contributed by atoms with van der Waals surface area (Å²) in [4.78, 5) is 1.27. The topological polar surface area (TPSA) is 33.9 Å². The number of hydrogen-bond acceptors (Lipinski definition) is 2. The zero-order valence-corrected chi connectivity index (χ0v) is 15.6. The quantitative estimate of drug-likeness (QED) is 0.655. The van der Waals surface area contributed by atoms with Gasteiger partial charge in [0.2, 0.25) is 0 Å². The molecule has 0 saturated heterocycles. The molecule has 0 aromatic heterocycles. The summed E-state index contributed by atoms with van der Waals surface area (Å²) in [5.74, 6) is 0.829. The van der Waals surface area contributed by atoms with Crippen molar-refractivity contribution >= 4 is 10.8 Å². The van der Waals surface area contributed by atoms with Gasteiger partial charge < -0.3 is 14.7 Å². The molecule has 3 heteroatoms. The highest BCUT2D eigenvalue weighted by Crippen LogP contribution is 2.25. The molecule has 2 N–H and O–H groups in total. The molecule has 3 nitrogen and oxygen atoms in total. The standard InChI is InChI=1S/C23H27NO2/c1-3-18-11-13-19(14-12-18)15-24(2)16-21(25)17-26-23-10-6-8-20-7-4-5-9-22(20)23/h4-14,21,25H,3,15-17H2,1-2H3/p+1/t21-/m0/s1. The molecule has 0 spiro atoms. The Hall–Kier alpha value is -2.36. The van der Waals surface area contributed by atoms with Gasteiger partial charge in [-0.1, -0.05) is 67.6 Å². The van der Waals surface area contributed by atoms with Gasteiger partial charge in [-0.05, 0) is 23.4 Å². The van der Waals surface area contributed by atoms with Crippen LogP contribution in [0.1, 0.15) is 18.1 Å². The summed E-state index contributed by atoms with van der Waals surface area (Å²) in [5.41, 5.74) is 2.65. The van der Waals surface area contributed by atoms with Crippen LogP contribution in [0.5, 0.6) is 5.75 Å². The fraction of sp³-hybridized carbons (Fsp3) is 0.304. The Morgan fingerprint density at radius 2 is 1.62 bits per heavy atom. The minimum atomic E-state index is -0.496. The van der Waals surface area contributed by atoms with E-state index in [1.54, 1.807) is 0 Å². The summed E-state index contributed by atoms with van der Waals surface area (Å²) in [5, 5.41) is 12.6. The van der Waals surface area contributed by atoms with E-state index in [-0.39, 0.29) is 0 Å². The highest BCUT2D eigenvalue weighted by molar-refractivity contribution is 5.88. The molecule has 3 aromatic carbocycles. The number of likely N-dealkylation sites (N-methyl/N-ethyl adjacent to an activating group) is 1. The van der Waals surface area contributed by atoms with E-state index in [4.69, 9.17) is 4.74 Å². The van der Waals surface area contributed by atoms with Gasteiger partial charge in [-0.15, -0.1) is 0 Å². The normalized spacial score (nSPS) is 13.5. The molecule has 26 heavy (non-hydrogen) atoms. The minimum absolute atomic E-state index is 0.306. The number of hydrogen-bond donors (Lipinski definition) is 2. The highest BCUT2D eigenvalue weighted by Gasteiger charge is 2.13. The predicted octanol–water partition coefficient (Wildman–Crippen LogP) is 2.86. The molecule has 0 aliphatic rings. The van der Waals surface area contributed by atoms with Gasteiger partial charge in [-0.25, -0.2) is 0 Å². The van der Waals surface area contributed by atoms with E-state index in [2.05, 4.69) is 50.4 Å². The average molecular weight is 350 g/mol. The molecule has 0 radical (unpaired) electrons. The van der Waals surface area contributed by atoms with Gasteiger partial charge in [0.1, 0.15) is 31.5 Å². The third kappa shape index (κ3) is 4.84. The Bertz CT molecular complexity index is 824. The number of ether oxygens (including phenoxy) is 1. The Kier molecular flexibility index (Phi) is 6.26. The number of quaternary nitrogens is 1. The molecule has 136 valence electrons. The van der Waals surface area contributed by atoms with Crippen LogP contribution in [0.4, 0.5) is 0 Å². The van der Waals surface area contributed by atoms with E-state index < -0.39 is 6.10 Å². The van der Waals surface area contributed by atoms with Gasteiger partial charge in [0.15, 0.2) is 0 Å². The van der Waals surface area contributed by atoms with E-state index in [1.807, 2.05) is 30.3 Å². The van der Waals surface area contributed by atoms with Gasteiger partial charge in [-0.2, -0.15) is 0 Å². The van der Waals surface area contributed by atoms with Crippen molar-refractivity contribution in [3.05, 3.63) is 77.9 Å². The first-order valence-corrected chi connectivity index (χ1v) is 9.33. The van der Waals surface area contributed by atoms with Crippen LogP contribution in [0.3, 0.4) is 0 Å². The van der Waals surface area contributed by atoms with Crippen LogP contribution >= 0.6 is 0 Å². The van der Waals surface area contributed by atoms with E-state index in [9.17, 15) is 5.11 Å². The van der Waals surface area contributed by atoms with Crippen LogP contribution < -0.4 is 9.64 Å². The molecule has 0 saturated carbocycles. The third-order valence-electron chi connectivity index (χ3n) is 4.70. The van der Waals surface area contributed by atoms with Crippen LogP contribution in [0, 0.1) is 0 Å². The fourth-order valence-electron chi connectivity index (χ4n) is 3.28. The molecule has 1 unspecified atom stereocenters. The number of fused-ring (bicyclic) bond motifs is 1. The molecule has 2 atom stereocenters. The number of aliphatic hydroxyl groups is 1. The molecule has 0 aliphatic carbocycles. The van der Waals surface area contributed by atoms with Crippen molar-refractivity contribution in [1.82, 2.24) is 0 Å². The molecule has 0 aliphatic heterocycles. The van der Waals surface area contributed by atoms with Crippen molar-refractivity contribution in [2.45, 2.75) is 26.0 Å². The first-order chi connectivity index (χ1) is 12.7. The molecule has 0 amide bonds. The summed E-state index contributed by atoms with van der Waals surface area (Å²) in [6, 6.07) is 22.9. The van der Waals surface area contributed by atoms with Crippen LogP contribution in [0.2, 0.25) is 0 Å². The Labute approximate surface area is 155 Å². The second-order valence-corrected chi connectivity index (χ2v) is 6.95. The van der Waals surface area contributed by atoms with Crippen LogP contribution in [-0.2, 0) is 13.0 Å². The lowest BCUT2D eigenvalue weighted by molar-refractivity contribution is -0.897. The number of aliphatic hydroxyl groups excluding tert-OH is 1. The average Bonchev–Trinajstić information content (AvgIpc) is 2.67. The Morgan fingerprint density at radius 1 is 0.923 bits per heavy atom. The van der Waals surface area contributed by atoms with Crippen molar-refractivity contribution in [1.29, 1.82) is 0 Å². The zero-order chi connectivity index (χ0) is 18.4. The molecule has 0 heterocycles. The van der Waals surface area contributed by atoms with Gasteiger partial charge >= 0.3 is 0 Å². The first kappa shape index (κ1) is 18.4. The minimum Gasteiger partial charge on any atom is -0.490 e. The second-order valence-electron chi connectivity index (χ2n) is 6.95. The number of rotatable bonds is 8. The van der Waals surface area contributed by atoms with Crippen molar-refractivity contribution < 1.29 is 14.7 Å².